The van der Waals surface area contributed by atoms with Crippen LogP contribution in [0.25, 0.3) is 0 Å². The Morgan fingerprint density at radius 3 is 2.80 bits per heavy atom. The van der Waals surface area contributed by atoms with Crippen molar-refractivity contribution in [3.8, 4) is 0 Å². The van der Waals surface area contributed by atoms with E-state index in [-0.39, 0.29) is 52.8 Å². The Hall–Kier alpha value is 0.676. The van der Waals surface area contributed by atoms with E-state index in [9.17, 15) is 0 Å². The van der Waals surface area contributed by atoms with Crippen LogP contribution in [0.2, 0.25) is 0 Å². The van der Waals surface area contributed by atoms with Crippen LogP contribution >= 0.6 is 0 Å². The van der Waals surface area contributed by atoms with Crippen LogP contribution in [0.1, 0.15) is 31.1 Å². The Labute approximate surface area is 136 Å². The van der Waals surface area contributed by atoms with Crippen LogP contribution in [-0.2, 0) is 19.4 Å². The Balaban J connectivity index is 0.00000112. The first-order chi connectivity index (χ1) is 6.70. The van der Waals surface area contributed by atoms with Crippen LogP contribution in [-0.4, -0.2) is 28.5 Å². The van der Waals surface area contributed by atoms with Gasteiger partial charge in [0, 0.05) is 30.8 Å². The van der Waals surface area contributed by atoms with E-state index < -0.39 is 0 Å². The van der Waals surface area contributed by atoms with E-state index in [0.29, 0.717) is 0 Å². The molecule has 4 heteroatoms. The fourth-order valence-electron chi connectivity index (χ4n) is 2.04. The van der Waals surface area contributed by atoms with Crippen molar-refractivity contribution in [2.45, 2.75) is 33.2 Å². The Morgan fingerprint density at radius 2 is 2.13 bits per heavy atom. The molecule has 0 saturated heterocycles. The van der Waals surface area contributed by atoms with E-state index in [1.807, 2.05) is 6.92 Å². The van der Waals surface area contributed by atoms with Gasteiger partial charge in [-0.1, -0.05) is 6.92 Å². The fourth-order valence-corrected chi connectivity index (χ4v) is 2.04. The topological polar surface area (TPSA) is 29.0 Å². The number of hydrogen-bond donors (Lipinski definition) is 0. The summed E-state index contributed by atoms with van der Waals surface area (Å²) in [7, 11) is 2.15. The first-order valence-electron chi connectivity index (χ1n) is 5.24. The van der Waals surface area contributed by atoms with Crippen LogP contribution in [0.4, 0.5) is 0 Å². The van der Waals surface area contributed by atoms with Gasteiger partial charge in [0.2, 0.25) is 0 Å². The second-order valence-electron chi connectivity index (χ2n) is 3.98. The van der Waals surface area contributed by atoms with Gasteiger partial charge >= 0.3 is 51.4 Å². The van der Waals surface area contributed by atoms with E-state index in [1.54, 1.807) is 0 Å². The smallest absolute Gasteiger partial charge is 1.00 e. The van der Waals surface area contributed by atoms with Crippen LogP contribution in [0, 0.1) is 6.92 Å². The van der Waals surface area contributed by atoms with Gasteiger partial charge in [0.15, 0.2) is 0 Å². The molecule has 0 saturated carbocycles. The average molecular weight is 231 g/mol. The van der Waals surface area contributed by atoms with Crippen molar-refractivity contribution in [3.05, 3.63) is 22.8 Å². The van der Waals surface area contributed by atoms with Gasteiger partial charge in [-0.05, 0) is 20.4 Å². The van der Waals surface area contributed by atoms with Gasteiger partial charge in [-0.3, -0.25) is 0 Å². The first kappa shape index (κ1) is 13.7. The van der Waals surface area contributed by atoms with E-state index in [2.05, 4.69) is 28.8 Å². The van der Waals surface area contributed by atoms with Crippen molar-refractivity contribution in [2.75, 3.05) is 13.6 Å². The minimum atomic E-state index is 0. The molecular formula is C11H18KN3. The molecule has 1 aromatic rings. The second kappa shape index (κ2) is 5.84. The SMILES string of the molecule is CCc1nc(C)nc2c1CN(C)CC2.[H-].[K+]. The van der Waals surface area contributed by atoms with Gasteiger partial charge in [-0.25, -0.2) is 9.97 Å². The molecule has 3 nitrogen and oxygen atoms in total. The summed E-state index contributed by atoms with van der Waals surface area (Å²) in [6, 6.07) is 0. The summed E-state index contributed by atoms with van der Waals surface area (Å²) in [6.45, 7) is 6.28. The Morgan fingerprint density at radius 1 is 1.40 bits per heavy atom. The average Bonchev–Trinajstić information content (AvgIpc) is 2.17. The molecule has 1 aromatic heterocycles. The predicted octanol–water partition coefficient (Wildman–Crippen LogP) is -1.55. The maximum Gasteiger partial charge on any atom is 1.00 e. The molecule has 0 fully saturated rings. The van der Waals surface area contributed by atoms with Crippen LogP contribution in [0.3, 0.4) is 0 Å². The summed E-state index contributed by atoms with van der Waals surface area (Å²) in [5, 5.41) is 0. The second-order valence-corrected chi connectivity index (χ2v) is 3.98. The standard InChI is InChI=1S/C11H17N3.K.H/c1-4-10-9-7-14(3)6-5-11(9)13-8(2)12-10;;/h4-7H2,1-3H3;;/q;+1;-1. The van der Waals surface area contributed by atoms with E-state index in [4.69, 9.17) is 0 Å². The predicted molar refractivity (Wildman–Crippen MR) is 57.3 cm³/mol. The number of fused-ring (bicyclic) bond motifs is 1. The maximum absolute atomic E-state index is 4.52. The molecule has 15 heavy (non-hydrogen) atoms. The first-order valence-corrected chi connectivity index (χ1v) is 5.24. The third-order valence-corrected chi connectivity index (χ3v) is 2.78. The summed E-state index contributed by atoms with van der Waals surface area (Å²) in [6.07, 6.45) is 2.09. The number of hydrogen-bond acceptors (Lipinski definition) is 3. The van der Waals surface area contributed by atoms with Crippen molar-refractivity contribution < 1.29 is 52.8 Å². The molecule has 0 aromatic carbocycles. The summed E-state index contributed by atoms with van der Waals surface area (Å²) >= 11 is 0. The van der Waals surface area contributed by atoms with Crippen LogP contribution in [0.5, 0.6) is 0 Å². The Kier molecular flexibility index (Phi) is 5.35. The summed E-state index contributed by atoms with van der Waals surface area (Å²) in [5.74, 6) is 0.921. The third-order valence-electron chi connectivity index (χ3n) is 2.78. The molecule has 1 aliphatic rings. The molecule has 0 spiro atoms. The molecule has 2 heterocycles. The third kappa shape index (κ3) is 3.08. The normalized spacial score (nSPS) is 15.7. The molecular weight excluding hydrogens is 213 g/mol. The number of nitrogens with zero attached hydrogens (tertiary/aromatic N) is 3. The zero-order valence-electron chi connectivity index (χ0n) is 11.2. The van der Waals surface area contributed by atoms with Crippen LogP contribution in [0.15, 0.2) is 0 Å². The monoisotopic (exact) mass is 231 g/mol. The summed E-state index contributed by atoms with van der Waals surface area (Å²) < 4.78 is 0. The van der Waals surface area contributed by atoms with Gasteiger partial charge in [0.1, 0.15) is 5.82 Å². The van der Waals surface area contributed by atoms with Crippen molar-refractivity contribution >= 4 is 0 Å². The number of aromatic nitrogens is 2. The van der Waals surface area contributed by atoms with Crippen molar-refractivity contribution in [3.63, 3.8) is 0 Å². The molecule has 2 rings (SSSR count). The van der Waals surface area contributed by atoms with E-state index in [1.165, 1.54) is 17.0 Å². The molecule has 0 aliphatic carbocycles. The largest absolute Gasteiger partial charge is 1.00 e. The molecule has 0 amide bonds. The maximum atomic E-state index is 4.52. The van der Waals surface area contributed by atoms with Gasteiger partial charge in [-0.15, -0.1) is 0 Å². The van der Waals surface area contributed by atoms with Crippen LogP contribution < -0.4 is 51.4 Å². The number of likely N-dealkylation sites (N-methyl/N-ethyl adjacent to an activating group) is 1. The van der Waals surface area contributed by atoms with Gasteiger partial charge < -0.3 is 6.33 Å². The van der Waals surface area contributed by atoms with Gasteiger partial charge in [0.05, 0.1) is 5.69 Å². The zero-order valence-corrected chi connectivity index (χ0v) is 13.3. The Bertz CT molecular complexity index is 340. The molecule has 0 radical (unpaired) electrons. The summed E-state index contributed by atoms with van der Waals surface area (Å²) in [4.78, 5) is 11.4. The number of rotatable bonds is 1. The fraction of sp³-hybridized carbons (Fsp3) is 0.636. The van der Waals surface area contributed by atoms with Gasteiger partial charge in [-0.2, -0.15) is 0 Å². The molecule has 0 unspecified atom stereocenters. The van der Waals surface area contributed by atoms with Crippen molar-refractivity contribution in [1.82, 2.24) is 14.9 Å². The molecule has 78 valence electrons. The molecule has 0 bridgehead atoms. The van der Waals surface area contributed by atoms with Gasteiger partial charge in [0.25, 0.3) is 0 Å². The minimum absolute atomic E-state index is 0. The zero-order chi connectivity index (χ0) is 10.1. The molecule has 0 atom stereocenters. The molecule has 1 aliphatic heterocycles. The van der Waals surface area contributed by atoms with E-state index in [0.717, 1.165) is 31.8 Å². The summed E-state index contributed by atoms with van der Waals surface area (Å²) in [5.41, 5.74) is 3.87. The quantitative estimate of drug-likeness (QED) is 0.548. The van der Waals surface area contributed by atoms with Crippen molar-refractivity contribution in [1.29, 1.82) is 0 Å². The number of aryl methyl sites for hydroxylation is 2. The van der Waals surface area contributed by atoms with Crippen molar-refractivity contribution in [2.24, 2.45) is 0 Å². The minimum Gasteiger partial charge on any atom is -1.00 e. The molecule has 0 N–H and O–H groups in total. The van der Waals surface area contributed by atoms with E-state index >= 15 is 0 Å².